The fourth-order valence-corrected chi connectivity index (χ4v) is 3.17. The fourth-order valence-electron chi connectivity index (χ4n) is 1.98. The third-order valence-electron chi connectivity index (χ3n) is 3.20. The molecule has 0 aliphatic carbocycles. The van der Waals surface area contributed by atoms with Crippen molar-refractivity contribution in [2.75, 3.05) is 12.8 Å². The Labute approximate surface area is 133 Å². The van der Waals surface area contributed by atoms with Gasteiger partial charge in [0.05, 0.1) is 12.4 Å². The zero-order valence-electron chi connectivity index (χ0n) is 12.1. The number of carbonyl (C=O) groups excluding carboxylic acids is 1. The van der Waals surface area contributed by atoms with Crippen LogP contribution in [0, 0.1) is 0 Å². The highest BCUT2D eigenvalue weighted by molar-refractivity contribution is 7.99. The van der Waals surface area contributed by atoms with Crippen molar-refractivity contribution in [1.29, 1.82) is 0 Å². The monoisotopic (exact) mass is 318 g/mol. The third-order valence-corrected chi connectivity index (χ3v) is 4.61. The largest absolute Gasteiger partial charge is 0.497 e. The number of ether oxygens (including phenoxy) is 1. The second-order valence-electron chi connectivity index (χ2n) is 4.70. The van der Waals surface area contributed by atoms with Crippen LogP contribution >= 0.6 is 11.8 Å². The van der Waals surface area contributed by atoms with Crippen LogP contribution in [0.25, 0.3) is 0 Å². The molecule has 0 fully saturated rings. The van der Waals surface area contributed by atoms with Gasteiger partial charge in [0.1, 0.15) is 11.9 Å². The number of hydrogen-bond acceptors (Lipinski definition) is 5. The van der Waals surface area contributed by atoms with Crippen molar-refractivity contribution >= 4 is 23.4 Å². The molecule has 0 aliphatic heterocycles. The molecule has 2 atom stereocenters. The summed E-state index contributed by atoms with van der Waals surface area (Å²) >= 11 is 1.30. The van der Waals surface area contributed by atoms with Crippen LogP contribution in [-0.2, 0) is 4.79 Å². The Bertz CT molecular complexity index is 646. The first-order chi connectivity index (χ1) is 10.5. The molecule has 2 rings (SSSR count). The first kappa shape index (κ1) is 16.2. The lowest BCUT2D eigenvalue weighted by atomic mass is 10.1. The number of nitrogens with two attached hydrogens (primary N) is 2. The lowest BCUT2D eigenvalue weighted by molar-refractivity contribution is -0.126. The van der Waals surface area contributed by atoms with Crippen LogP contribution in [0.2, 0.25) is 0 Å². The molecule has 0 aromatic heterocycles. The molecule has 0 bridgehead atoms. The van der Waals surface area contributed by atoms with Gasteiger partial charge in [-0.15, -0.1) is 11.8 Å². The standard InChI is InChI=1S/C16H18N2O3S/c1-21-11-8-6-10(7-9-11)15(14(19)16(18)20)22-13-5-3-2-4-12(13)17/h2-9,14-15,19H,17H2,1H3,(H2,18,20). The van der Waals surface area contributed by atoms with E-state index in [2.05, 4.69) is 0 Å². The number of primary amides is 1. The molecule has 2 aromatic rings. The highest BCUT2D eigenvalue weighted by atomic mass is 32.2. The number of thioether (sulfide) groups is 1. The predicted molar refractivity (Wildman–Crippen MR) is 87.6 cm³/mol. The van der Waals surface area contributed by atoms with Crippen molar-refractivity contribution < 1.29 is 14.6 Å². The molecule has 5 N–H and O–H groups in total. The number of anilines is 1. The molecule has 2 unspecified atom stereocenters. The molecule has 2 aromatic carbocycles. The lowest BCUT2D eigenvalue weighted by Crippen LogP contribution is -2.32. The summed E-state index contributed by atoms with van der Waals surface area (Å²) in [6, 6.07) is 14.4. The van der Waals surface area contributed by atoms with E-state index >= 15 is 0 Å². The second kappa shape index (κ2) is 7.20. The van der Waals surface area contributed by atoms with Gasteiger partial charge in [-0.3, -0.25) is 4.79 Å². The Morgan fingerprint density at radius 2 is 1.82 bits per heavy atom. The van der Waals surface area contributed by atoms with Crippen molar-refractivity contribution in [3.8, 4) is 5.75 Å². The van der Waals surface area contributed by atoms with Gasteiger partial charge >= 0.3 is 0 Å². The molecule has 0 heterocycles. The van der Waals surface area contributed by atoms with Crippen molar-refractivity contribution in [3.63, 3.8) is 0 Å². The van der Waals surface area contributed by atoms with Gasteiger partial charge in [-0.2, -0.15) is 0 Å². The number of aliphatic hydroxyl groups excluding tert-OH is 1. The number of aliphatic hydroxyl groups is 1. The topological polar surface area (TPSA) is 98.6 Å². The van der Waals surface area contributed by atoms with Gasteiger partial charge < -0.3 is 21.3 Å². The number of nitrogen functional groups attached to an aromatic ring is 1. The molecular formula is C16H18N2O3S. The minimum absolute atomic E-state index is 0.548. The summed E-state index contributed by atoms with van der Waals surface area (Å²) in [6.07, 6.45) is -1.32. The van der Waals surface area contributed by atoms with E-state index in [1.165, 1.54) is 11.8 Å². The highest BCUT2D eigenvalue weighted by Crippen LogP contribution is 2.40. The maximum absolute atomic E-state index is 11.4. The Balaban J connectivity index is 2.33. The number of methoxy groups -OCH3 is 1. The van der Waals surface area contributed by atoms with Gasteiger partial charge in [0.25, 0.3) is 0 Å². The molecule has 0 radical (unpaired) electrons. The lowest BCUT2D eigenvalue weighted by Gasteiger charge is -2.21. The third kappa shape index (κ3) is 3.72. The summed E-state index contributed by atoms with van der Waals surface area (Å²) in [5, 5.41) is 9.60. The summed E-state index contributed by atoms with van der Waals surface area (Å²) in [6.45, 7) is 0. The van der Waals surface area contributed by atoms with E-state index in [0.717, 1.165) is 10.5 Å². The Morgan fingerprint density at radius 1 is 1.18 bits per heavy atom. The Morgan fingerprint density at radius 3 is 2.36 bits per heavy atom. The molecule has 6 heteroatoms. The van der Waals surface area contributed by atoms with E-state index in [0.29, 0.717) is 11.4 Å². The van der Waals surface area contributed by atoms with Crippen LogP contribution in [0.5, 0.6) is 5.75 Å². The number of rotatable bonds is 6. The molecule has 0 saturated heterocycles. The minimum Gasteiger partial charge on any atom is -0.497 e. The van der Waals surface area contributed by atoms with Crippen LogP contribution < -0.4 is 16.2 Å². The van der Waals surface area contributed by atoms with Gasteiger partial charge in [0, 0.05) is 10.6 Å². The summed E-state index contributed by atoms with van der Waals surface area (Å²) in [5.74, 6) is -0.0805. The van der Waals surface area contributed by atoms with Crippen molar-refractivity contribution in [3.05, 3.63) is 54.1 Å². The number of amides is 1. The van der Waals surface area contributed by atoms with Crippen LogP contribution in [0.4, 0.5) is 5.69 Å². The van der Waals surface area contributed by atoms with E-state index in [1.807, 2.05) is 18.2 Å². The quantitative estimate of drug-likeness (QED) is 0.558. The predicted octanol–water partition coefficient (Wildman–Crippen LogP) is 1.96. The van der Waals surface area contributed by atoms with E-state index in [4.69, 9.17) is 16.2 Å². The SMILES string of the molecule is COc1ccc(C(Sc2ccccc2N)C(O)C(N)=O)cc1. The first-order valence-corrected chi connectivity index (χ1v) is 7.53. The van der Waals surface area contributed by atoms with Crippen LogP contribution in [0.15, 0.2) is 53.4 Å². The summed E-state index contributed by atoms with van der Waals surface area (Å²) in [4.78, 5) is 12.2. The average molecular weight is 318 g/mol. The molecule has 0 spiro atoms. The molecular weight excluding hydrogens is 300 g/mol. The Kier molecular flexibility index (Phi) is 5.30. The Hall–Kier alpha value is -2.18. The average Bonchev–Trinajstić information content (AvgIpc) is 2.53. The molecule has 5 nitrogen and oxygen atoms in total. The molecule has 0 aliphatic rings. The van der Waals surface area contributed by atoms with Gasteiger partial charge in [-0.05, 0) is 29.8 Å². The summed E-state index contributed by atoms with van der Waals surface area (Å²) in [7, 11) is 1.57. The maximum Gasteiger partial charge on any atom is 0.247 e. The van der Waals surface area contributed by atoms with E-state index < -0.39 is 17.3 Å². The van der Waals surface area contributed by atoms with Crippen LogP contribution in [-0.4, -0.2) is 24.2 Å². The van der Waals surface area contributed by atoms with Crippen molar-refractivity contribution in [2.24, 2.45) is 5.73 Å². The highest BCUT2D eigenvalue weighted by Gasteiger charge is 2.27. The number of para-hydroxylation sites is 1. The van der Waals surface area contributed by atoms with Crippen molar-refractivity contribution in [2.45, 2.75) is 16.2 Å². The smallest absolute Gasteiger partial charge is 0.247 e. The van der Waals surface area contributed by atoms with Crippen LogP contribution in [0.1, 0.15) is 10.8 Å². The van der Waals surface area contributed by atoms with Crippen LogP contribution in [0.3, 0.4) is 0 Å². The number of hydrogen-bond donors (Lipinski definition) is 3. The summed E-state index contributed by atoms with van der Waals surface area (Å²) < 4.78 is 5.11. The molecule has 116 valence electrons. The maximum atomic E-state index is 11.4. The zero-order chi connectivity index (χ0) is 16.1. The second-order valence-corrected chi connectivity index (χ2v) is 5.88. The number of carbonyl (C=O) groups is 1. The van der Waals surface area contributed by atoms with E-state index in [9.17, 15) is 9.90 Å². The van der Waals surface area contributed by atoms with Gasteiger partial charge in [-0.25, -0.2) is 0 Å². The molecule has 22 heavy (non-hydrogen) atoms. The first-order valence-electron chi connectivity index (χ1n) is 6.65. The van der Waals surface area contributed by atoms with Gasteiger partial charge in [-0.1, -0.05) is 24.3 Å². The molecule has 1 amide bonds. The van der Waals surface area contributed by atoms with Gasteiger partial charge in [0.2, 0.25) is 5.91 Å². The van der Waals surface area contributed by atoms with Gasteiger partial charge in [0.15, 0.2) is 0 Å². The minimum atomic E-state index is -1.32. The normalized spacial score (nSPS) is 13.4. The number of benzene rings is 2. The fraction of sp³-hybridized carbons (Fsp3) is 0.188. The van der Waals surface area contributed by atoms with E-state index in [-0.39, 0.29) is 0 Å². The van der Waals surface area contributed by atoms with E-state index in [1.54, 1.807) is 37.4 Å². The van der Waals surface area contributed by atoms with Crippen molar-refractivity contribution in [1.82, 2.24) is 0 Å². The summed E-state index contributed by atoms with van der Waals surface area (Å²) in [5.41, 5.74) is 12.5. The zero-order valence-corrected chi connectivity index (χ0v) is 12.9. The molecule has 0 saturated carbocycles.